The van der Waals surface area contributed by atoms with Crippen LogP contribution in [0.15, 0.2) is 66.7 Å². The van der Waals surface area contributed by atoms with Crippen molar-refractivity contribution < 1.29 is 13.2 Å². The first-order valence-corrected chi connectivity index (χ1v) is 12.2. The second-order valence-corrected chi connectivity index (χ2v) is 9.81. The molecule has 0 saturated heterocycles. The molecule has 0 amide bonds. The predicted octanol–water partition coefficient (Wildman–Crippen LogP) is 5.07. The quantitative estimate of drug-likeness (QED) is 0.611. The Labute approximate surface area is 184 Å². The van der Waals surface area contributed by atoms with Gasteiger partial charge in [-0.1, -0.05) is 60.2 Å². The lowest BCUT2D eigenvalue weighted by Gasteiger charge is -2.19. The summed E-state index contributed by atoms with van der Waals surface area (Å²) in [6.45, 7) is 2.54. The van der Waals surface area contributed by atoms with Gasteiger partial charge in [0, 0.05) is 12.8 Å². The van der Waals surface area contributed by atoms with Gasteiger partial charge in [-0.3, -0.25) is 4.72 Å². The first-order chi connectivity index (χ1) is 14.9. The third-order valence-electron chi connectivity index (χ3n) is 5.59. The molecule has 0 aliphatic heterocycles. The van der Waals surface area contributed by atoms with Crippen molar-refractivity contribution in [3.05, 3.63) is 100 Å². The molecule has 3 aromatic rings. The van der Waals surface area contributed by atoms with Crippen molar-refractivity contribution in [2.75, 3.05) is 24.7 Å². The maximum atomic E-state index is 11.8. The lowest BCUT2D eigenvalue weighted by atomic mass is 9.87. The number of rotatable bonds is 5. The summed E-state index contributed by atoms with van der Waals surface area (Å²) in [5, 5.41) is 0. The summed E-state index contributed by atoms with van der Waals surface area (Å²) in [5.74, 6) is 0. The topological polar surface area (TPSA) is 55.4 Å². The van der Waals surface area contributed by atoms with Gasteiger partial charge in [0.25, 0.3) is 0 Å². The van der Waals surface area contributed by atoms with Crippen LogP contribution in [0.25, 0.3) is 11.1 Å². The highest BCUT2D eigenvalue weighted by Crippen LogP contribution is 2.39. The summed E-state index contributed by atoms with van der Waals surface area (Å²) in [4.78, 5) is 0. The van der Waals surface area contributed by atoms with Crippen LogP contribution in [0.5, 0.6) is 0 Å². The zero-order valence-electron chi connectivity index (χ0n) is 18.1. The van der Waals surface area contributed by atoms with Crippen molar-refractivity contribution in [3.8, 4) is 0 Å². The molecule has 0 saturated carbocycles. The second-order valence-electron chi connectivity index (χ2n) is 8.06. The van der Waals surface area contributed by atoms with Gasteiger partial charge in [0.1, 0.15) is 0 Å². The molecule has 4 rings (SSSR count). The monoisotopic (exact) mass is 433 g/mol. The van der Waals surface area contributed by atoms with E-state index in [2.05, 4.69) is 54.1 Å². The zero-order valence-corrected chi connectivity index (χ0v) is 18.9. The largest absolute Gasteiger partial charge is 0.380 e. The van der Waals surface area contributed by atoms with Crippen molar-refractivity contribution in [3.63, 3.8) is 0 Å². The SMILES string of the molecule is COCC(=C1c2ccccc2CCc2cc(C)ccc21)c1cccc(NS(C)(=O)=O)c1. The fraction of sp³-hybridized carbons (Fsp3) is 0.231. The van der Waals surface area contributed by atoms with E-state index >= 15 is 0 Å². The Morgan fingerprint density at radius 2 is 1.68 bits per heavy atom. The van der Waals surface area contributed by atoms with Gasteiger partial charge in [-0.2, -0.15) is 0 Å². The molecule has 1 aliphatic carbocycles. The van der Waals surface area contributed by atoms with Crippen molar-refractivity contribution in [2.24, 2.45) is 0 Å². The van der Waals surface area contributed by atoms with E-state index in [9.17, 15) is 8.42 Å². The average molecular weight is 434 g/mol. The Balaban J connectivity index is 2.01. The second kappa shape index (κ2) is 8.69. The van der Waals surface area contributed by atoms with Crippen LogP contribution in [0.3, 0.4) is 0 Å². The summed E-state index contributed by atoms with van der Waals surface area (Å²) in [6.07, 6.45) is 3.12. The molecular formula is C26H27NO3S. The molecule has 0 aromatic heterocycles. The number of fused-ring (bicyclic) bond motifs is 2. The number of methoxy groups -OCH3 is 1. The molecule has 0 heterocycles. The molecule has 3 aromatic carbocycles. The number of anilines is 1. The van der Waals surface area contributed by atoms with Crippen LogP contribution in [0.1, 0.15) is 33.4 Å². The minimum atomic E-state index is -3.36. The summed E-state index contributed by atoms with van der Waals surface area (Å²) in [5.41, 5.74) is 9.98. The highest BCUT2D eigenvalue weighted by Gasteiger charge is 2.22. The normalized spacial score (nSPS) is 14.9. The third-order valence-corrected chi connectivity index (χ3v) is 6.19. The van der Waals surface area contributed by atoms with Crippen molar-refractivity contribution in [1.82, 2.24) is 0 Å². The number of hydrogen-bond acceptors (Lipinski definition) is 3. The zero-order chi connectivity index (χ0) is 22.0. The molecule has 1 aliphatic rings. The molecule has 4 nitrogen and oxygen atoms in total. The minimum Gasteiger partial charge on any atom is -0.380 e. The fourth-order valence-corrected chi connectivity index (χ4v) is 4.88. The van der Waals surface area contributed by atoms with Gasteiger partial charge < -0.3 is 4.74 Å². The van der Waals surface area contributed by atoms with Gasteiger partial charge in [0.2, 0.25) is 10.0 Å². The van der Waals surface area contributed by atoms with E-state index in [1.165, 1.54) is 27.8 Å². The molecule has 160 valence electrons. The minimum absolute atomic E-state index is 0.416. The molecule has 31 heavy (non-hydrogen) atoms. The first-order valence-electron chi connectivity index (χ1n) is 10.3. The molecule has 0 bridgehead atoms. The molecule has 0 unspecified atom stereocenters. The van der Waals surface area contributed by atoms with Gasteiger partial charge >= 0.3 is 0 Å². The summed E-state index contributed by atoms with van der Waals surface area (Å²) in [7, 11) is -1.67. The lowest BCUT2D eigenvalue weighted by Crippen LogP contribution is -2.10. The van der Waals surface area contributed by atoms with Crippen LogP contribution < -0.4 is 4.72 Å². The van der Waals surface area contributed by atoms with Gasteiger partial charge in [-0.05, 0) is 70.9 Å². The number of hydrogen-bond donors (Lipinski definition) is 1. The third kappa shape index (κ3) is 4.73. The van der Waals surface area contributed by atoms with Crippen molar-refractivity contribution in [2.45, 2.75) is 19.8 Å². The number of nitrogens with one attached hydrogen (secondary N) is 1. The van der Waals surface area contributed by atoms with Crippen LogP contribution in [0, 0.1) is 6.92 Å². The lowest BCUT2D eigenvalue weighted by molar-refractivity contribution is 0.240. The molecule has 1 N–H and O–H groups in total. The van der Waals surface area contributed by atoms with Gasteiger partial charge in [0.05, 0.1) is 12.9 Å². The Morgan fingerprint density at radius 3 is 2.45 bits per heavy atom. The molecular weight excluding hydrogens is 406 g/mol. The van der Waals surface area contributed by atoms with Gasteiger partial charge in [-0.15, -0.1) is 0 Å². The number of sulfonamides is 1. The Morgan fingerprint density at radius 1 is 0.935 bits per heavy atom. The van der Waals surface area contributed by atoms with Crippen LogP contribution in [0.4, 0.5) is 5.69 Å². The Hall–Kier alpha value is -2.89. The van der Waals surface area contributed by atoms with E-state index in [1.807, 2.05) is 18.2 Å². The van der Waals surface area contributed by atoms with E-state index < -0.39 is 10.0 Å². The number of benzene rings is 3. The standard InChI is InChI=1S/C26H27NO3S/c1-18-11-14-24-21(15-18)13-12-19-7-4-5-10-23(19)26(24)25(17-30-2)20-8-6-9-22(16-20)27-31(3,28)29/h4-11,14-16,27H,12-13,17H2,1-3H3. The van der Waals surface area contributed by atoms with E-state index in [1.54, 1.807) is 13.2 Å². The highest BCUT2D eigenvalue weighted by molar-refractivity contribution is 7.92. The van der Waals surface area contributed by atoms with Gasteiger partial charge in [0.15, 0.2) is 0 Å². The summed E-state index contributed by atoms with van der Waals surface area (Å²) >= 11 is 0. The van der Waals surface area contributed by atoms with Crippen LogP contribution in [-0.2, 0) is 27.6 Å². The smallest absolute Gasteiger partial charge is 0.229 e. The maximum absolute atomic E-state index is 11.8. The first kappa shape index (κ1) is 21.3. The fourth-order valence-electron chi connectivity index (χ4n) is 4.32. The molecule has 0 radical (unpaired) electrons. The van der Waals surface area contributed by atoms with Crippen LogP contribution in [0.2, 0.25) is 0 Å². The van der Waals surface area contributed by atoms with Crippen LogP contribution >= 0.6 is 0 Å². The van der Waals surface area contributed by atoms with E-state index in [-0.39, 0.29) is 0 Å². The molecule has 5 heteroatoms. The van der Waals surface area contributed by atoms with Crippen molar-refractivity contribution >= 4 is 26.9 Å². The van der Waals surface area contributed by atoms with Gasteiger partial charge in [-0.25, -0.2) is 8.42 Å². The van der Waals surface area contributed by atoms with Crippen LogP contribution in [-0.4, -0.2) is 28.4 Å². The number of ether oxygens (including phenoxy) is 1. The predicted molar refractivity (Wildman–Crippen MR) is 128 cm³/mol. The molecule has 0 spiro atoms. The van der Waals surface area contributed by atoms with E-state index in [4.69, 9.17) is 4.74 Å². The molecule has 0 fully saturated rings. The maximum Gasteiger partial charge on any atom is 0.229 e. The summed E-state index contributed by atoms with van der Waals surface area (Å²) in [6, 6.07) is 22.7. The highest BCUT2D eigenvalue weighted by atomic mass is 32.2. The summed E-state index contributed by atoms with van der Waals surface area (Å²) < 4.78 is 31.8. The Kier molecular flexibility index (Phi) is 5.99. The van der Waals surface area contributed by atoms with E-state index in [0.717, 1.165) is 35.8 Å². The Bertz CT molecular complexity index is 1260. The molecule has 0 atom stereocenters. The average Bonchev–Trinajstić information content (AvgIpc) is 2.88. The number of aryl methyl sites for hydroxylation is 3. The van der Waals surface area contributed by atoms with E-state index in [0.29, 0.717) is 12.3 Å². The van der Waals surface area contributed by atoms with Crippen molar-refractivity contribution in [1.29, 1.82) is 0 Å².